The molecule has 204 valence electrons. The fraction of sp³-hybridized carbons (Fsp3) is 0.185. The van der Waals surface area contributed by atoms with Gasteiger partial charge in [-0.1, -0.05) is 70.5 Å². The number of nitrogens with zero attached hydrogens (tertiary/aromatic N) is 2. The quantitative estimate of drug-likeness (QED) is 0.138. The standard InChI is InChI=1S/C27H24BrF2N2O6P/c1-36-26(33)22-11-9-21(10-12-22)25-17-31(14-13-19-5-3-2-4-6-19)27(34)32(25)16-20-7-8-23(24(28)15-20)18-39(35,37-29)38-30/h2-12,15,17H,13-14,16,18H2,1H3. The Morgan fingerprint density at radius 1 is 0.974 bits per heavy atom. The zero-order chi connectivity index (χ0) is 28.0. The molecule has 0 aliphatic carbocycles. The fourth-order valence-electron chi connectivity index (χ4n) is 4.13. The molecule has 1 aromatic heterocycles. The molecule has 0 atom stereocenters. The maximum atomic E-state index is 13.5. The maximum absolute atomic E-state index is 13.5. The summed E-state index contributed by atoms with van der Waals surface area (Å²) < 4.78 is 51.7. The number of carbonyl (C=O) groups excluding carboxylic acids is 1. The van der Waals surface area contributed by atoms with E-state index in [1.807, 2.05) is 30.3 Å². The van der Waals surface area contributed by atoms with Crippen molar-refractivity contribution in [3.8, 4) is 11.3 Å². The molecule has 0 aliphatic heterocycles. The molecule has 4 rings (SSSR count). The summed E-state index contributed by atoms with van der Waals surface area (Å²) in [4.78, 5) is 25.4. The normalized spacial score (nSPS) is 11.5. The van der Waals surface area contributed by atoms with Gasteiger partial charge in [0, 0.05) is 17.2 Å². The lowest BCUT2D eigenvalue weighted by molar-refractivity contribution is -0.0881. The molecule has 0 bridgehead atoms. The molecule has 0 radical (unpaired) electrons. The number of aromatic nitrogens is 2. The van der Waals surface area contributed by atoms with Crippen LogP contribution in [0.4, 0.5) is 9.05 Å². The highest BCUT2D eigenvalue weighted by Crippen LogP contribution is 2.53. The highest BCUT2D eigenvalue weighted by atomic mass is 79.9. The van der Waals surface area contributed by atoms with Crippen molar-refractivity contribution in [2.24, 2.45) is 0 Å². The topological polar surface area (TPSA) is 88.8 Å². The minimum absolute atomic E-state index is 0.168. The molecule has 8 nitrogen and oxygen atoms in total. The summed E-state index contributed by atoms with van der Waals surface area (Å²) in [7, 11) is -3.26. The van der Waals surface area contributed by atoms with Crippen molar-refractivity contribution < 1.29 is 32.6 Å². The lowest BCUT2D eigenvalue weighted by Crippen LogP contribution is -2.25. The molecule has 0 saturated heterocycles. The van der Waals surface area contributed by atoms with E-state index < -0.39 is 19.7 Å². The third-order valence-electron chi connectivity index (χ3n) is 6.16. The second-order valence-corrected chi connectivity index (χ2v) is 11.4. The van der Waals surface area contributed by atoms with E-state index in [9.17, 15) is 23.2 Å². The van der Waals surface area contributed by atoms with Crippen LogP contribution in [-0.2, 0) is 44.4 Å². The second kappa shape index (κ2) is 12.7. The second-order valence-electron chi connectivity index (χ2n) is 8.71. The predicted octanol–water partition coefficient (Wildman–Crippen LogP) is 6.65. The Balaban J connectivity index is 1.68. The highest BCUT2D eigenvalue weighted by Gasteiger charge is 2.29. The molecule has 0 amide bonds. The van der Waals surface area contributed by atoms with Crippen molar-refractivity contribution in [3.63, 3.8) is 0 Å². The number of aryl methyl sites for hydroxylation is 2. The zero-order valence-corrected chi connectivity index (χ0v) is 23.2. The minimum Gasteiger partial charge on any atom is -0.465 e. The van der Waals surface area contributed by atoms with Gasteiger partial charge in [0.25, 0.3) is 0 Å². The van der Waals surface area contributed by atoms with E-state index in [1.165, 1.54) is 13.2 Å². The SMILES string of the molecule is COC(=O)c1ccc(-c2cn(CCc3ccccc3)c(=O)n2Cc2ccc(CP(=O)(OF)OF)c(Br)c2)cc1. The van der Waals surface area contributed by atoms with E-state index in [-0.39, 0.29) is 12.2 Å². The van der Waals surface area contributed by atoms with Crippen LogP contribution in [0.3, 0.4) is 0 Å². The first-order valence-electron chi connectivity index (χ1n) is 11.8. The van der Waals surface area contributed by atoms with Crippen LogP contribution >= 0.6 is 23.5 Å². The van der Waals surface area contributed by atoms with Gasteiger partial charge >= 0.3 is 19.3 Å². The van der Waals surface area contributed by atoms with Crippen molar-refractivity contribution in [3.05, 3.63) is 116 Å². The maximum Gasteiger partial charge on any atom is 0.399 e. The summed E-state index contributed by atoms with van der Waals surface area (Å²) in [5.41, 5.74) is 3.57. The number of esters is 1. The number of ether oxygens (including phenoxy) is 1. The van der Waals surface area contributed by atoms with Crippen molar-refractivity contribution in [2.45, 2.75) is 25.7 Å². The summed E-state index contributed by atoms with van der Waals surface area (Å²) in [5.74, 6) is -0.467. The minimum atomic E-state index is -4.57. The first-order valence-corrected chi connectivity index (χ1v) is 14.3. The van der Waals surface area contributed by atoms with Crippen molar-refractivity contribution in [1.82, 2.24) is 9.13 Å². The summed E-state index contributed by atoms with van der Waals surface area (Å²) >= 11 is 3.32. The Morgan fingerprint density at radius 2 is 1.67 bits per heavy atom. The van der Waals surface area contributed by atoms with Gasteiger partial charge in [0.15, 0.2) is 0 Å². The number of imidazole rings is 1. The fourth-order valence-corrected chi connectivity index (χ4v) is 5.73. The summed E-state index contributed by atoms with van der Waals surface area (Å²) in [6.45, 7) is 0.620. The first-order chi connectivity index (χ1) is 18.8. The molecule has 0 N–H and O–H groups in total. The zero-order valence-electron chi connectivity index (χ0n) is 20.8. The van der Waals surface area contributed by atoms with Gasteiger partial charge in [0.1, 0.15) is 0 Å². The van der Waals surface area contributed by atoms with Gasteiger partial charge in [0.2, 0.25) is 0 Å². The molecule has 1 heterocycles. The molecule has 39 heavy (non-hydrogen) atoms. The van der Waals surface area contributed by atoms with Crippen LogP contribution in [0.15, 0.2) is 88.3 Å². The Hall–Kier alpha value is -3.37. The van der Waals surface area contributed by atoms with Crippen LogP contribution in [0, 0.1) is 0 Å². The van der Waals surface area contributed by atoms with E-state index >= 15 is 0 Å². The van der Waals surface area contributed by atoms with Crippen molar-refractivity contribution in [2.75, 3.05) is 7.11 Å². The molecule has 12 heteroatoms. The number of hydrogen-bond acceptors (Lipinski definition) is 6. The molecule has 3 aromatic carbocycles. The monoisotopic (exact) mass is 620 g/mol. The number of methoxy groups -OCH3 is 1. The average Bonchev–Trinajstić information content (AvgIpc) is 3.28. The van der Waals surface area contributed by atoms with Gasteiger partial charge in [-0.15, -0.1) is 9.46 Å². The first kappa shape index (κ1) is 28.6. The Morgan fingerprint density at radius 3 is 2.28 bits per heavy atom. The number of hydrogen-bond donors (Lipinski definition) is 0. The van der Waals surface area contributed by atoms with Crippen LogP contribution in [0.1, 0.15) is 27.0 Å². The molecule has 0 unspecified atom stereocenters. The Labute approximate surface area is 231 Å². The van der Waals surface area contributed by atoms with E-state index in [0.717, 1.165) is 11.1 Å². The molecular formula is C27H24BrF2N2O6P. The average molecular weight is 621 g/mol. The van der Waals surface area contributed by atoms with Gasteiger partial charge < -0.3 is 4.74 Å². The van der Waals surface area contributed by atoms with Crippen LogP contribution in [0.2, 0.25) is 0 Å². The third kappa shape index (κ3) is 6.80. The molecular weight excluding hydrogens is 597 g/mol. The molecule has 0 saturated carbocycles. The van der Waals surface area contributed by atoms with E-state index in [4.69, 9.17) is 4.74 Å². The highest BCUT2D eigenvalue weighted by molar-refractivity contribution is 9.10. The number of benzene rings is 3. The Kier molecular flexibility index (Phi) is 9.29. The number of rotatable bonds is 11. The van der Waals surface area contributed by atoms with Crippen LogP contribution < -0.4 is 5.69 Å². The summed E-state index contributed by atoms with van der Waals surface area (Å²) in [6.07, 6.45) is 1.79. The molecule has 4 aromatic rings. The van der Waals surface area contributed by atoms with E-state index in [0.29, 0.717) is 39.8 Å². The number of carbonyl (C=O) groups is 1. The number of halogens is 3. The van der Waals surface area contributed by atoms with Gasteiger partial charge in [-0.2, -0.15) is 0 Å². The van der Waals surface area contributed by atoms with Gasteiger partial charge in [-0.05, 0) is 55.9 Å². The lowest BCUT2D eigenvalue weighted by Gasteiger charge is -2.12. The van der Waals surface area contributed by atoms with Gasteiger partial charge in [-0.25, -0.2) is 9.59 Å². The third-order valence-corrected chi connectivity index (χ3v) is 8.05. The molecule has 0 fully saturated rings. The Bertz CT molecular complexity index is 1550. The van der Waals surface area contributed by atoms with Gasteiger partial charge in [-0.3, -0.25) is 13.7 Å². The summed E-state index contributed by atoms with van der Waals surface area (Å²) in [5, 5.41) is 0. The van der Waals surface area contributed by atoms with Crippen LogP contribution in [0.5, 0.6) is 0 Å². The molecule has 0 spiro atoms. The predicted molar refractivity (Wildman–Crippen MR) is 145 cm³/mol. The van der Waals surface area contributed by atoms with E-state index in [2.05, 4.69) is 25.4 Å². The lowest BCUT2D eigenvalue weighted by atomic mass is 10.1. The van der Waals surface area contributed by atoms with Crippen molar-refractivity contribution >= 4 is 29.5 Å². The van der Waals surface area contributed by atoms with Gasteiger partial charge in [0.05, 0.1) is 31.1 Å². The summed E-state index contributed by atoms with van der Waals surface area (Å²) in [6, 6.07) is 21.4. The van der Waals surface area contributed by atoms with Crippen LogP contribution in [-0.4, -0.2) is 22.2 Å². The van der Waals surface area contributed by atoms with Crippen LogP contribution in [0.25, 0.3) is 11.3 Å². The largest absolute Gasteiger partial charge is 0.465 e. The molecule has 0 aliphatic rings. The van der Waals surface area contributed by atoms with Crippen molar-refractivity contribution in [1.29, 1.82) is 0 Å². The van der Waals surface area contributed by atoms with E-state index in [1.54, 1.807) is 51.7 Å². The smallest absolute Gasteiger partial charge is 0.399 e.